The van der Waals surface area contributed by atoms with Gasteiger partial charge in [0.25, 0.3) is 0 Å². The van der Waals surface area contributed by atoms with Crippen LogP contribution in [-0.4, -0.2) is 79.0 Å². The summed E-state index contributed by atoms with van der Waals surface area (Å²) < 4.78 is 17.1. The highest BCUT2D eigenvalue weighted by Gasteiger charge is 2.48. The van der Waals surface area contributed by atoms with E-state index in [9.17, 15) is 45.3 Å². The van der Waals surface area contributed by atoms with Gasteiger partial charge in [0.2, 0.25) is 6.29 Å². The number of carboxylic acid groups (broad SMARTS) is 1. The summed E-state index contributed by atoms with van der Waals surface area (Å²) in [5.74, 6) is -2.15. The number of ether oxygens (including phenoxy) is 2. The second kappa shape index (κ2) is 15.6. The molecule has 5 unspecified atom stereocenters. The molecule has 1 aliphatic rings. The number of carboxylic acids is 1. The maximum absolute atomic E-state index is 14.0. The fraction of sp³-hybridized carbons (Fsp3) is 0.389. The van der Waals surface area contributed by atoms with Gasteiger partial charge in [-0.1, -0.05) is 34.9 Å². The molecule has 12 heteroatoms. The molecule has 0 bridgehead atoms. The Kier molecular flexibility index (Phi) is 11.8. The first-order valence-corrected chi connectivity index (χ1v) is 15.5. The number of fused-ring (bicyclic) bond motifs is 1. The zero-order valence-corrected chi connectivity index (χ0v) is 27.2. The van der Waals surface area contributed by atoms with Gasteiger partial charge < -0.3 is 49.6 Å². The van der Waals surface area contributed by atoms with Gasteiger partial charge in [-0.15, -0.1) is 0 Å². The monoisotopic (exact) mass is 666 g/mol. The summed E-state index contributed by atoms with van der Waals surface area (Å²) in [6.45, 7) is 7.53. The minimum absolute atomic E-state index is 0.0399. The molecule has 0 radical (unpaired) electrons. The Morgan fingerprint density at radius 1 is 0.875 bits per heavy atom. The molecule has 2 heterocycles. The number of aromatic hydroxyl groups is 2. The van der Waals surface area contributed by atoms with Gasteiger partial charge in [0.1, 0.15) is 46.9 Å². The lowest BCUT2D eigenvalue weighted by Crippen LogP contribution is -2.61. The Morgan fingerprint density at radius 2 is 1.56 bits per heavy atom. The molecule has 1 fully saturated rings. The summed E-state index contributed by atoms with van der Waals surface area (Å²) in [5, 5.41) is 71.4. The van der Waals surface area contributed by atoms with Gasteiger partial charge in [0.05, 0.1) is 17.6 Å². The first-order chi connectivity index (χ1) is 22.7. The van der Waals surface area contributed by atoms with Crippen LogP contribution in [0.2, 0.25) is 0 Å². The molecule has 1 saturated heterocycles. The Balaban J connectivity index is 1.80. The van der Waals surface area contributed by atoms with E-state index < -0.39 is 42.4 Å². The Morgan fingerprint density at radius 3 is 2.21 bits per heavy atom. The van der Waals surface area contributed by atoms with Crippen molar-refractivity contribution >= 4 is 16.9 Å². The zero-order chi connectivity index (χ0) is 35.3. The number of carbonyl (C=O) groups is 1. The molecule has 0 aliphatic carbocycles. The number of aliphatic hydroxyl groups is 4. The molecule has 1 aliphatic heterocycles. The number of hydrogen-bond donors (Lipinski definition) is 7. The minimum atomic E-state index is -1.90. The summed E-state index contributed by atoms with van der Waals surface area (Å²) in [6.07, 6.45) is -1.51. The average molecular weight is 667 g/mol. The van der Waals surface area contributed by atoms with E-state index in [1.807, 2.05) is 26.8 Å². The maximum atomic E-state index is 14.0. The number of hydrogen-bond acceptors (Lipinski definition) is 11. The third-order valence-corrected chi connectivity index (χ3v) is 8.16. The highest BCUT2D eigenvalue weighted by Crippen LogP contribution is 2.38. The van der Waals surface area contributed by atoms with E-state index in [1.54, 1.807) is 13.0 Å². The molecule has 0 saturated carbocycles. The Labute approximate surface area is 277 Å². The molecule has 0 amide bonds. The quantitative estimate of drug-likeness (QED) is 0.138. The van der Waals surface area contributed by atoms with Crippen LogP contribution in [0.3, 0.4) is 0 Å². The largest absolute Gasteiger partial charge is 0.508 e. The van der Waals surface area contributed by atoms with E-state index in [0.29, 0.717) is 11.1 Å². The molecule has 12 nitrogen and oxygen atoms in total. The Bertz CT molecular complexity index is 1800. The number of aliphatic hydroxyl groups excluding tert-OH is 4. The van der Waals surface area contributed by atoms with Gasteiger partial charge in [0.15, 0.2) is 11.5 Å². The molecular weight excluding hydrogens is 624 g/mol. The third kappa shape index (κ3) is 8.15. The molecule has 258 valence electrons. The lowest BCUT2D eigenvalue weighted by Gasteiger charge is -2.38. The number of benzene rings is 2. The molecule has 48 heavy (non-hydrogen) atoms. The van der Waals surface area contributed by atoms with E-state index in [-0.39, 0.29) is 64.2 Å². The van der Waals surface area contributed by atoms with Gasteiger partial charge in [-0.3, -0.25) is 4.79 Å². The van der Waals surface area contributed by atoms with Gasteiger partial charge in [-0.2, -0.15) is 0 Å². The second-order valence-corrected chi connectivity index (χ2v) is 12.2. The van der Waals surface area contributed by atoms with Crippen molar-refractivity contribution in [2.24, 2.45) is 0 Å². The molecule has 0 spiro atoms. The molecule has 3 aromatic rings. The summed E-state index contributed by atoms with van der Waals surface area (Å²) in [7, 11) is 0. The van der Waals surface area contributed by atoms with Gasteiger partial charge in [-0.25, -0.2) is 4.79 Å². The van der Waals surface area contributed by atoms with E-state index in [0.717, 1.165) is 24.5 Å². The SMILES string of the molecule is CC(C)=CCCC(C)=CCc1c(-c2ccc(OC3OC(C(=O)O)C(O)C(O)C3O)cc2O)oc2c(CC=C(C)CO)c(O)ccc2c1=O. The number of allylic oxidation sites excluding steroid dienone is 5. The fourth-order valence-corrected chi connectivity index (χ4v) is 5.31. The van der Waals surface area contributed by atoms with Gasteiger partial charge >= 0.3 is 5.97 Å². The van der Waals surface area contributed by atoms with Crippen LogP contribution in [0.1, 0.15) is 51.7 Å². The lowest BCUT2D eigenvalue weighted by atomic mass is 9.97. The normalized spacial score (nSPS) is 21.7. The van der Waals surface area contributed by atoms with Crippen LogP contribution < -0.4 is 10.2 Å². The predicted octanol–water partition coefficient (Wildman–Crippen LogP) is 3.86. The van der Waals surface area contributed by atoms with Crippen molar-refractivity contribution in [2.45, 2.75) is 84.1 Å². The van der Waals surface area contributed by atoms with Crippen LogP contribution in [-0.2, 0) is 22.4 Å². The van der Waals surface area contributed by atoms with Crippen LogP contribution in [0.4, 0.5) is 0 Å². The lowest BCUT2D eigenvalue weighted by molar-refractivity contribution is -0.271. The number of phenols is 2. The highest BCUT2D eigenvalue weighted by molar-refractivity contribution is 5.86. The van der Waals surface area contributed by atoms with Gasteiger partial charge in [-0.05, 0) is 77.6 Å². The van der Waals surface area contributed by atoms with Crippen molar-refractivity contribution in [3.63, 3.8) is 0 Å². The van der Waals surface area contributed by atoms with E-state index in [1.165, 1.54) is 29.8 Å². The van der Waals surface area contributed by atoms with Crippen LogP contribution >= 0.6 is 0 Å². The summed E-state index contributed by atoms with van der Waals surface area (Å²) in [4.78, 5) is 25.5. The maximum Gasteiger partial charge on any atom is 0.335 e. The van der Waals surface area contributed by atoms with E-state index in [4.69, 9.17) is 13.9 Å². The Hall–Kier alpha value is -4.46. The smallest absolute Gasteiger partial charge is 0.335 e. The average Bonchev–Trinajstić information content (AvgIpc) is 3.03. The first kappa shape index (κ1) is 36.4. The van der Waals surface area contributed by atoms with Crippen LogP contribution in [0, 0.1) is 0 Å². The van der Waals surface area contributed by atoms with Crippen molar-refractivity contribution in [3.05, 3.63) is 86.6 Å². The fourth-order valence-electron chi connectivity index (χ4n) is 5.31. The molecule has 7 N–H and O–H groups in total. The topological polar surface area (TPSA) is 207 Å². The van der Waals surface area contributed by atoms with Crippen LogP contribution in [0.5, 0.6) is 17.2 Å². The molecule has 1 aromatic heterocycles. The first-order valence-electron chi connectivity index (χ1n) is 15.5. The molecule has 2 aromatic carbocycles. The van der Waals surface area contributed by atoms with Gasteiger partial charge in [0, 0.05) is 17.2 Å². The predicted molar refractivity (Wildman–Crippen MR) is 177 cm³/mol. The van der Waals surface area contributed by atoms with Crippen molar-refractivity contribution < 1.29 is 54.4 Å². The summed E-state index contributed by atoms with van der Waals surface area (Å²) >= 11 is 0. The molecule has 4 rings (SSSR count). The number of aliphatic carboxylic acids is 1. The van der Waals surface area contributed by atoms with Crippen molar-refractivity contribution in [2.75, 3.05) is 6.61 Å². The minimum Gasteiger partial charge on any atom is -0.508 e. The summed E-state index contributed by atoms with van der Waals surface area (Å²) in [6, 6.07) is 6.80. The van der Waals surface area contributed by atoms with Crippen LogP contribution in [0.15, 0.2) is 74.5 Å². The van der Waals surface area contributed by atoms with E-state index >= 15 is 0 Å². The van der Waals surface area contributed by atoms with Crippen molar-refractivity contribution in [1.82, 2.24) is 0 Å². The van der Waals surface area contributed by atoms with Crippen molar-refractivity contribution in [1.29, 1.82) is 0 Å². The zero-order valence-electron chi connectivity index (χ0n) is 27.2. The van der Waals surface area contributed by atoms with E-state index in [2.05, 4.69) is 6.08 Å². The number of rotatable bonds is 12. The standard InChI is InChI=1S/C36H42O12/c1-18(2)6-5-7-19(3)8-12-24-28(40)25-14-15-26(38)22(11-9-20(4)17-37)32(25)47-33(24)23-13-10-21(16-27(23)39)46-36-31(43)29(41)30(42)34(48-36)35(44)45/h6,8-10,13-16,29-31,34,36-39,41-43H,5,7,11-12,17H2,1-4H3,(H,44,45). The second-order valence-electron chi connectivity index (χ2n) is 12.2. The number of phenolic OH excluding ortho intramolecular Hbond substituents is 2. The van der Waals surface area contributed by atoms with Crippen molar-refractivity contribution in [3.8, 4) is 28.6 Å². The molecular formula is C36H42O12. The highest BCUT2D eigenvalue weighted by atomic mass is 16.7. The third-order valence-electron chi connectivity index (χ3n) is 8.16. The van der Waals surface area contributed by atoms with Crippen LogP contribution in [0.25, 0.3) is 22.3 Å². The summed E-state index contributed by atoms with van der Waals surface area (Å²) in [5.41, 5.74) is 3.30. The molecule has 5 atom stereocenters.